The van der Waals surface area contributed by atoms with Crippen LogP contribution in [0.3, 0.4) is 0 Å². The summed E-state index contributed by atoms with van der Waals surface area (Å²) in [7, 11) is 2.02. The molecule has 0 saturated carbocycles. The standard InChI is InChI=1S/C21H25N5O.ClH/c1-25-13-11-23-21(25)19-15-22-10-14-26(19)12-9-20(27)24-18-8-4-6-16-5-2-3-7-17(16)18;/h2-8,11,13,19,22H,9-10,12,14-15H2,1H3,(H,24,27);1H. The fraction of sp³-hybridized carbons (Fsp3) is 0.333. The first-order valence-corrected chi connectivity index (χ1v) is 9.42. The molecule has 148 valence electrons. The zero-order chi connectivity index (χ0) is 18.6. The number of nitrogens with one attached hydrogen (secondary N) is 2. The number of benzene rings is 2. The second-order valence-corrected chi connectivity index (χ2v) is 6.98. The molecule has 3 aromatic rings. The summed E-state index contributed by atoms with van der Waals surface area (Å²) >= 11 is 0. The summed E-state index contributed by atoms with van der Waals surface area (Å²) in [6.45, 7) is 3.43. The maximum Gasteiger partial charge on any atom is 0.225 e. The lowest BCUT2D eigenvalue weighted by Gasteiger charge is -2.35. The van der Waals surface area contributed by atoms with E-state index in [0.29, 0.717) is 6.42 Å². The van der Waals surface area contributed by atoms with Gasteiger partial charge in [-0.3, -0.25) is 9.69 Å². The van der Waals surface area contributed by atoms with E-state index in [-0.39, 0.29) is 24.4 Å². The van der Waals surface area contributed by atoms with Gasteiger partial charge in [0.15, 0.2) is 0 Å². The molecule has 1 aromatic heterocycles. The largest absolute Gasteiger partial charge is 0.337 e. The molecule has 0 spiro atoms. The predicted molar refractivity (Wildman–Crippen MR) is 115 cm³/mol. The highest BCUT2D eigenvalue weighted by Gasteiger charge is 2.26. The van der Waals surface area contributed by atoms with Crippen LogP contribution in [0.5, 0.6) is 0 Å². The fourth-order valence-electron chi connectivity index (χ4n) is 3.76. The van der Waals surface area contributed by atoms with E-state index in [9.17, 15) is 4.79 Å². The van der Waals surface area contributed by atoms with Crippen molar-refractivity contribution in [3.63, 3.8) is 0 Å². The van der Waals surface area contributed by atoms with Crippen molar-refractivity contribution in [2.45, 2.75) is 12.5 Å². The molecule has 2 N–H and O–H groups in total. The van der Waals surface area contributed by atoms with E-state index in [1.54, 1.807) is 0 Å². The van der Waals surface area contributed by atoms with Crippen LogP contribution in [0, 0.1) is 0 Å². The van der Waals surface area contributed by atoms with Crippen LogP contribution in [-0.4, -0.2) is 46.5 Å². The van der Waals surface area contributed by atoms with E-state index in [2.05, 4.69) is 37.2 Å². The van der Waals surface area contributed by atoms with Crippen molar-refractivity contribution in [1.82, 2.24) is 19.8 Å². The lowest BCUT2D eigenvalue weighted by molar-refractivity contribution is -0.116. The third kappa shape index (κ3) is 4.35. The summed E-state index contributed by atoms with van der Waals surface area (Å²) < 4.78 is 2.06. The first-order valence-electron chi connectivity index (χ1n) is 9.42. The van der Waals surface area contributed by atoms with E-state index >= 15 is 0 Å². The van der Waals surface area contributed by atoms with Crippen LogP contribution in [0.2, 0.25) is 0 Å². The Morgan fingerprint density at radius 3 is 2.89 bits per heavy atom. The van der Waals surface area contributed by atoms with Gasteiger partial charge < -0.3 is 15.2 Å². The third-order valence-corrected chi connectivity index (χ3v) is 5.20. The smallest absolute Gasteiger partial charge is 0.225 e. The van der Waals surface area contributed by atoms with E-state index in [1.807, 2.05) is 49.8 Å². The van der Waals surface area contributed by atoms with E-state index in [0.717, 1.165) is 48.5 Å². The van der Waals surface area contributed by atoms with Gasteiger partial charge in [-0.25, -0.2) is 4.98 Å². The molecule has 1 aliphatic rings. The van der Waals surface area contributed by atoms with Crippen LogP contribution < -0.4 is 10.6 Å². The first kappa shape index (κ1) is 20.3. The average molecular weight is 400 g/mol. The number of piperazine rings is 1. The summed E-state index contributed by atoms with van der Waals surface area (Å²) in [4.78, 5) is 19.4. The van der Waals surface area contributed by atoms with Crippen LogP contribution >= 0.6 is 12.4 Å². The summed E-state index contributed by atoms with van der Waals surface area (Å²) in [5.41, 5.74) is 0.874. The molecule has 1 unspecified atom stereocenters. The Kier molecular flexibility index (Phi) is 6.67. The minimum atomic E-state index is 0. The number of aromatic nitrogens is 2. The van der Waals surface area contributed by atoms with Crippen LogP contribution in [0.25, 0.3) is 10.8 Å². The minimum Gasteiger partial charge on any atom is -0.337 e. The number of aryl methyl sites for hydroxylation is 1. The van der Waals surface area contributed by atoms with Gasteiger partial charge in [0, 0.05) is 63.1 Å². The van der Waals surface area contributed by atoms with Crippen molar-refractivity contribution in [1.29, 1.82) is 0 Å². The molecule has 7 heteroatoms. The van der Waals surface area contributed by atoms with E-state index in [1.165, 1.54) is 0 Å². The lowest BCUT2D eigenvalue weighted by Crippen LogP contribution is -2.47. The number of rotatable bonds is 5. The topological polar surface area (TPSA) is 62.2 Å². The summed E-state index contributed by atoms with van der Waals surface area (Å²) in [6.07, 6.45) is 4.26. The molecular weight excluding hydrogens is 374 g/mol. The van der Waals surface area contributed by atoms with Gasteiger partial charge in [0.1, 0.15) is 5.82 Å². The molecule has 2 heterocycles. The molecule has 2 aromatic carbocycles. The molecule has 1 aliphatic heterocycles. The Bertz CT molecular complexity index is 936. The Labute approximate surface area is 171 Å². The van der Waals surface area contributed by atoms with Crippen molar-refractivity contribution in [2.24, 2.45) is 7.05 Å². The molecule has 1 fully saturated rings. The molecule has 1 amide bonds. The number of hydrogen-bond donors (Lipinski definition) is 2. The fourth-order valence-corrected chi connectivity index (χ4v) is 3.76. The number of amides is 1. The Morgan fingerprint density at radius 1 is 1.25 bits per heavy atom. The Hall–Kier alpha value is -2.41. The highest BCUT2D eigenvalue weighted by atomic mass is 35.5. The van der Waals surface area contributed by atoms with Crippen LogP contribution in [0.1, 0.15) is 18.3 Å². The quantitative estimate of drug-likeness (QED) is 0.692. The van der Waals surface area contributed by atoms with Crippen molar-refractivity contribution in [2.75, 3.05) is 31.5 Å². The summed E-state index contributed by atoms with van der Waals surface area (Å²) in [5.74, 6) is 1.08. The number of imidazole rings is 1. The number of carbonyl (C=O) groups excluding carboxylic acids is 1. The molecule has 28 heavy (non-hydrogen) atoms. The summed E-state index contributed by atoms with van der Waals surface area (Å²) in [6, 6.07) is 14.3. The number of carbonyl (C=O) groups is 1. The number of fused-ring (bicyclic) bond motifs is 1. The number of nitrogens with zero attached hydrogens (tertiary/aromatic N) is 3. The van der Waals surface area contributed by atoms with Crippen molar-refractivity contribution < 1.29 is 4.79 Å². The number of anilines is 1. The zero-order valence-electron chi connectivity index (χ0n) is 16.0. The third-order valence-electron chi connectivity index (χ3n) is 5.20. The second kappa shape index (κ2) is 9.19. The van der Waals surface area contributed by atoms with E-state index < -0.39 is 0 Å². The number of halogens is 1. The van der Waals surface area contributed by atoms with Crippen molar-refractivity contribution in [3.05, 3.63) is 60.7 Å². The molecule has 0 radical (unpaired) electrons. The van der Waals surface area contributed by atoms with E-state index in [4.69, 9.17) is 0 Å². The first-order chi connectivity index (χ1) is 13.2. The molecule has 1 atom stereocenters. The molecule has 6 nitrogen and oxygen atoms in total. The molecule has 0 bridgehead atoms. The van der Waals surface area contributed by atoms with Gasteiger partial charge in [-0.1, -0.05) is 36.4 Å². The highest BCUT2D eigenvalue weighted by molar-refractivity contribution is 6.02. The average Bonchev–Trinajstić information content (AvgIpc) is 3.13. The van der Waals surface area contributed by atoms with Gasteiger partial charge >= 0.3 is 0 Å². The number of hydrogen-bond acceptors (Lipinski definition) is 4. The van der Waals surface area contributed by atoms with Crippen molar-refractivity contribution >= 4 is 34.8 Å². The Morgan fingerprint density at radius 2 is 2.07 bits per heavy atom. The monoisotopic (exact) mass is 399 g/mol. The van der Waals surface area contributed by atoms with Gasteiger partial charge in [-0.15, -0.1) is 12.4 Å². The maximum atomic E-state index is 12.6. The maximum absolute atomic E-state index is 12.6. The van der Waals surface area contributed by atoms with Gasteiger partial charge in [-0.05, 0) is 11.5 Å². The van der Waals surface area contributed by atoms with Gasteiger partial charge in [0.25, 0.3) is 0 Å². The molecule has 1 saturated heterocycles. The molecule has 4 rings (SSSR count). The minimum absolute atomic E-state index is 0. The van der Waals surface area contributed by atoms with Gasteiger partial charge in [-0.2, -0.15) is 0 Å². The molecular formula is C21H26ClN5O. The van der Waals surface area contributed by atoms with Crippen molar-refractivity contribution in [3.8, 4) is 0 Å². The van der Waals surface area contributed by atoms with Crippen LogP contribution in [0.15, 0.2) is 54.9 Å². The SMILES string of the molecule is Cl.Cn1ccnc1C1CNCCN1CCC(=O)Nc1cccc2ccccc12. The molecule has 0 aliphatic carbocycles. The highest BCUT2D eigenvalue weighted by Crippen LogP contribution is 2.24. The predicted octanol–water partition coefficient (Wildman–Crippen LogP) is 2.97. The Balaban J connectivity index is 0.00000225. The second-order valence-electron chi connectivity index (χ2n) is 6.98. The van der Waals surface area contributed by atoms with Crippen LogP contribution in [-0.2, 0) is 11.8 Å². The zero-order valence-corrected chi connectivity index (χ0v) is 16.8. The summed E-state index contributed by atoms with van der Waals surface area (Å²) in [5, 5.41) is 8.72. The van der Waals surface area contributed by atoms with Gasteiger partial charge in [0.2, 0.25) is 5.91 Å². The lowest BCUT2D eigenvalue weighted by atomic mass is 10.1. The van der Waals surface area contributed by atoms with Crippen LogP contribution in [0.4, 0.5) is 5.69 Å². The van der Waals surface area contributed by atoms with Gasteiger partial charge in [0.05, 0.1) is 6.04 Å². The normalized spacial score (nSPS) is 17.2.